The van der Waals surface area contributed by atoms with Gasteiger partial charge in [-0.3, -0.25) is 0 Å². The molecule has 0 unspecified atom stereocenters. The van der Waals surface area contributed by atoms with Crippen LogP contribution in [0.1, 0.15) is 0 Å². The molecule has 3 heterocycles. The Hall–Kier alpha value is -8.15. The van der Waals surface area contributed by atoms with E-state index in [1.54, 1.807) is 0 Å². The van der Waals surface area contributed by atoms with E-state index >= 15 is 0 Å². The molecule has 0 aliphatic carbocycles. The summed E-state index contributed by atoms with van der Waals surface area (Å²) in [7, 11) is 0. The van der Waals surface area contributed by atoms with E-state index < -0.39 is 0 Å². The molecule has 278 valence electrons. The first-order chi connectivity index (χ1) is 29.7. The van der Waals surface area contributed by atoms with Crippen molar-refractivity contribution < 1.29 is 4.42 Å². The molecule has 0 bridgehead atoms. The lowest BCUT2D eigenvalue weighted by atomic mass is 10.00. The molecule has 13 aromatic rings. The molecular weight excluding hydrogens is 733 g/mol. The van der Waals surface area contributed by atoms with Crippen LogP contribution in [-0.2, 0) is 0 Å². The molecule has 0 amide bonds. The summed E-state index contributed by atoms with van der Waals surface area (Å²) in [6.45, 7) is 0. The summed E-state index contributed by atoms with van der Waals surface area (Å²) in [5.41, 5.74) is 7.50. The van der Waals surface area contributed by atoms with Gasteiger partial charge >= 0.3 is 0 Å². The van der Waals surface area contributed by atoms with Gasteiger partial charge in [-0.25, -0.2) is 15.0 Å². The fraction of sp³-hybridized carbons (Fsp3) is 0. The Morgan fingerprint density at radius 2 is 0.867 bits per heavy atom. The van der Waals surface area contributed by atoms with Crippen LogP contribution >= 0.6 is 0 Å². The standard InChI is InChI=1S/C55H32N4O/c1-2-13-35-27-39(24-21-33(35)11-1)53-56-54(40-25-26-43-38(28-40)23-22-34-12-5-6-16-42(34)43)58-55(57-53)41-31-49(52-45-18-8-10-20-50(45)60-51(52)32-41)59-47-19-9-7-17-44(47)46-29-36-14-3-4-15-37(36)30-48(46)59/h1-32H. The normalized spacial score (nSPS) is 12.0. The Labute approximate surface area is 343 Å². The number of nitrogens with zero attached hydrogens (tertiary/aromatic N) is 4. The van der Waals surface area contributed by atoms with Crippen LogP contribution in [0.3, 0.4) is 0 Å². The van der Waals surface area contributed by atoms with E-state index in [9.17, 15) is 0 Å². The van der Waals surface area contributed by atoms with Crippen molar-refractivity contribution in [3.63, 3.8) is 0 Å². The van der Waals surface area contributed by atoms with Crippen LogP contribution in [0.4, 0.5) is 0 Å². The van der Waals surface area contributed by atoms with E-state index in [1.165, 1.54) is 37.7 Å². The maximum atomic E-state index is 6.72. The molecule has 0 atom stereocenters. The third kappa shape index (κ3) is 5.03. The van der Waals surface area contributed by atoms with Gasteiger partial charge in [0.15, 0.2) is 17.5 Å². The average Bonchev–Trinajstić information content (AvgIpc) is 3.85. The number of aromatic nitrogens is 4. The molecule has 0 aliphatic heterocycles. The van der Waals surface area contributed by atoms with Crippen molar-refractivity contribution in [2.75, 3.05) is 0 Å². The van der Waals surface area contributed by atoms with E-state index in [0.717, 1.165) is 71.5 Å². The Balaban J connectivity index is 1.10. The molecule has 5 nitrogen and oxygen atoms in total. The minimum absolute atomic E-state index is 0.566. The highest BCUT2D eigenvalue weighted by molar-refractivity contribution is 6.17. The van der Waals surface area contributed by atoms with Gasteiger partial charge in [0.25, 0.3) is 0 Å². The topological polar surface area (TPSA) is 56.7 Å². The van der Waals surface area contributed by atoms with Crippen LogP contribution in [0.15, 0.2) is 199 Å². The highest BCUT2D eigenvalue weighted by Gasteiger charge is 2.22. The third-order valence-corrected chi connectivity index (χ3v) is 12.1. The summed E-state index contributed by atoms with van der Waals surface area (Å²) < 4.78 is 9.12. The smallest absolute Gasteiger partial charge is 0.164 e. The van der Waals surface area contributed by atoms with Crippen molar-refractivity contribution in [3.8, 4) is 39.9 Å². The number of fused-ring (bicyclic) bond motifs is 11. The molecule has 10 aromatic carbocycles. The number of hydrogen-bond acceptors (Lipinski definition) is 4. The quantitative estimate of drug-likeness (QED) is 0.167. The first-order valence-electron chi connectivity index (χ1n) is 20.3. The molecule has 60 heavy (non-hydrogen) atoms. The largest absolute Gasteiger partial charge is 0.456 e. The summed E-state index contributed by atoms with van der Waals surface area (Å²) in [6, 6.07) is 68.7. The van der Waals surface area contributed by atoms with Crippen molar-refractivity contribution >= 4 is 86.8 Å². The Bertz CT molecular complexity index is 3910. The number of hydrogen-bond donors (Lipinski definition) is 0. The molecule has 5 heteroatoms. The Morgan fingerprint density at radius 3 is 1.67 bits per heavy atom. The second-order valence-electron chi connectivity index (χ2n) is 15.6. The van der Waals surface area contributed by atoms with Crippen molar-refractivity contribution in [1.82, 2.24) is 19.5 Å². The van der Waals surface area contributed by atoms with Crippen LogP contribution in [-0.4, -0.2) is 19.5 Å². The van der Waals surface area contributed by atoms with E-state index in [1.807, 2.05) is 12.1 Å². The molecule has 3 aromatic heterocycles. The van der Waals surface area contributed by atoms with Crippen LogP contribution in [0.2, 0.25) is 0 Å². The summed E-state index contributed by atoms with van der Waals surface area (Å²) >= 11 is 0. The van der Waals surface area contributed by atoms with E-state index in [2.05, 4.69) is 187 Å². The molecule has 0 fully saturated rings. The van der Waals surface area contributed by atoms with E-state index in [0.29, 0.717) is 17.5 Å². The van der Waals surface area contributed by atoms with Gasteiger partial charge in [-0.05, 0) is 91.6 Å². The summed E-state index contributed by atoms with van der Waals surface area (Å²) in [6.07, 6.45) is 0. The number of para-hydroxylation sites is 2. The molecule has 0 N–H and O–H groups in total. The summed E-state index contributed by atoms with van der Waals surface area (Å²) in [5, 5.41) is 13.9. The molecule has 0 saturated carbocycles. The van der Waals surface area contributed by atoms with Crippen LogP contribution in [0, 0.1) is 0 Å². The highest BCUT2D eigenvalue weighted by Crippen LogP contribution is 2.42. The van der Waals surface area contributed by atoms with Crippen LogP contribution in [0.5, 0.6) is 0 Å². The highest BCUT2D eigenvalue weighted by atomic mass is 16.3. The molecule has 0 radical (unpaired) electrons. The van der Waals surface area contributed by atoms with Gasteiger partial charge in [-0.15, -0.1) is 0 Å². The van der Waals surface area contributed by atoms with Crippen molar-refractivity contribution in [2.24, 2.45) is 0 Å². The SMILES string of the molecule is c1ccc2cc(-c3nc(-c4ccc5c(ccc6ccccc65)c4)nc(-c4cc(-n5c6ccccc6c6cc7ccccc7cc65)c5c(c4)oc4ccccc45)n3)ccc2c1. The minimum Gasteiger partial charge on any atom is -0.456 e. The second kappa shape index (κ2) is 12.7. The number of furan rings is 1. The molecular formula is C55H32N4O. The van der Waals surface area contributed by atoms with E-state index in [-0.39, 0.29) is 0 Å². The Kier molecular flexibility index (Phi) is 6.95. The van der Waals surface area contributed by atoms with Crippen molar-refractivity contribution in [1.29, 1.82) is 0 Å². The summed E-state index contributed by atoms with van der Waals surface area (Å²) in [5.74, 6) is 1.78. The fourth-order valence-electron chi connectivity index (χ4n) is 9.30. The van der Waals surface area contributed by atoms with Gasteiger partial charge in [0, 0.05) is 32.8 Å². The second-order valence-corrected chi connectivity index (χ2v) is 15.6. The predicted molar refractivity (Wildman–Crippen MR) is 248 cm³/mol. The lowest BCUT2D eigenvalue weighted by Gasteiger charge is -2.14. The minimum atomic E-state index is 0.566. The van der Waals surface area contributed by atoms with Crippen molar-refractivity contribution in [3.05, 3.63) is 194 Å². The molecule has 13 rings (SSSR count). The number of rotatable bonds is 4. The van der Waals surface area contributed by atoms with E-state index in [4.69, 9.17) is 19.4 Å². The van der Waals surface area contributed by atoms with Gasteiger partial charge in [0.05, 0.1) is 22.1 Å². The zero-order chi connectivity index (χ0) is 39.3. The fourth-order valence-corrected chi connectivity index (χ4v) is 9.30. The lowest BCUT2D eigenvalue weighted by molar-refractivity contribution is 0.669. The predicted octanol–water partition coefficient (Wildman–Crippen LogP) is 14.5. The van der Waals surface area contributed by atoms with Crippen LogP contribution in [0.25, 0.3) is 127 Å². The van der Waals surface area contributed by atoms with Gasteiger partial charge in [-0.1, -0.05) is 146 Å². The molecule has 0 saturated heterocycles. The molecule has 0 spiro atoms. The molecule has 0 aliphatic rings. The Morgan fingerprint density at radius 1 is 0.317 bits per heavy atom. The monoisotopic (exact) mass is 764 g/mol. The average molecular weight is 765 g/mol. The zero-order valence-electron chi connectivity index (χ0n) is 32.2. The van der Waals surface area contributed by atoms with Gasteiger partial charge < -0.3 is 8.98 Å². The third-order valence-electron chi connectivity index (χ3n) is 12.1. The maximum absolute atomic E-state index is 6.72. The number of benzene rings is 10. The van der Waals surface area contributed by atoms with Gasteiger partial charge in [0.2, 0.25) is 0 Å². The first kappa shape index (κ1) is 32.9. The summed E-state index contributed by atoms with van der Waals surface area (Å²) in [4.78, 5) is 15.8. The van der Waals surface area contributed by atoms with Gasteiger partial charge in [-0.2, -0.15) is 0 Å². The first-order valence-corrected chi connectivity index (χ1v) is 20.3. The lowest BCUT2D eigenvalue weighted by Crippen LogP contribution is -2.02. The van der Waals surface area contributed by atoms with Gasteiger partial charge in [0.1, 0.15) is 11.2 Å². The zero-order valence-corrected chi connectivity index (χ0v) is 32.2. The maximum Gasteiger partial charge on any atom is 0.164 e. The van der Waals surface area contributed by atoms with Crippen molar-refractivity contribution in [2.45, 2.75) is 0 Å². The van der Waals surface area contributed by atoms with Crippen LogP contribution < -0.4 is 0 Å².